The Labute approximate surface area is 177 Å². The van der Waals surface area contributed by atoms with E-state index in [-0.39, 0.29) is 0 Å². The van der Waals surface area contributed by atoms with Gasteiger partial charge in [-0.1, -0.05) is 30.3 Å². The van der Waals surface area contributed by atoms with Crippen LogP contribution in [0.5, 0.6) is 0 Å². The van der Waals surface area contributed by atoms with Gasteiger partial charge in [0.1, 0.15) is 0 Å². The standard InChI is InChI=1S/C22H27N5O2S/c1-26-11-13-27(14-12-26)17-19-16-23-22-8-7-20(15-21(19)22)25-30(28,29)24-10-9-18-5-3-2-4-6-18/h2-10,15-16,23-25H,11-14,17H2,1H3/b10-9+. The van der Waals surface area contributed by atoms with E-state index in [1.807, 2.05) is 48.7 Å². The summed E-state index contributed by atoms with van der Waals surface area (Å²) in [4.78, 5) is 8.05. The Morgan fingerprint density at radius 3 is 2.60 bits per heavy atom. The van der Waals surface area contributed by atoms with Gasteiger partial charge in [0.25, 0.3) is 0 Å². The predicted octanol–water partition coefficient (Wildman–Crippen LogP) is 2.83. The minimum atomic E-state index is -3.72. The lowest BCUT2D eigenvalue weighted by Gasteiger charge is -2.32. The van der Waals surface area contributed by atoms with E-state index in [2.05, 4.69) is 31.3 Å². The lowest BCUT2D eigenvalue weighted by Crippen LogP contribution is -2.43. The number of H-pyrrole nitrogens is 1. The summed E-state index contributed by atoms with van der Waals surface area (Å²) >= 11 is 0. The average Bonchev–Trinajstić information content (AvgIpc) is 3.12. The number of fused-ring (bicyclic) bond motifs is 1. The van der Waals surface area contributed by atoms with Crippen LogP contribution in [-0.2, 0) is 16.8 Å². The van der Waals surface area contributed by atoms with Crippen LogP contribution in [0.3, 0.4) is 0 Å². The van der Waals surface area contributed by atoms with Gasteiger partial charge >= 0.3 is 10.2 Å². The van der Waals surface area contributed by atoms with Gasteiger partial charge in [-0.15, -0.1) is 0 Å². The molecule has 30 heavy (non-hydrogen) atoms. The summed E-state index contributed by atoms with van der Waals surface area (Å²) in [5.41, 5.74) is 3.62. The monoisotopic (exact) mass is 425 g/mol. The number of nitrogens with one attached hydrogen (secondary N) is 3. The van der Waals surface area contributed by atoms with E-state index in [1.54, 1.807) is 12.1 Å². The number of piperazine rings is 1. The lowest BCUT2D eigenvalue weighted by molar-refractivity contribution is 0.148. The first-order valence-electron chi connectivity index (χ1n) is 10.0. The molecular weight excluding hydrogens is 398 g/mol. The van der Waals surface area contributed by atoms with Gasteiger partial charge in [-0.25, -0.2) is 0 Å². The highest BCUT2D eigenvalue weighted by atomic mass is 32.2. The third-order valence-corrected chi connectivity index (χ3v) is 6.26. The normalized spacial score (nSPS) is 16.3. The first-order valence-corrected chi connectivity index (χ1v) is 11.5. The van der Waals surface area contributed by atoms with Crippen molar-refractivity contribution in [2.45, 2.75) is 6.54 Å². The fourth-order valence-electron chi connectivity index (χ4n) is 3.59. The highest BCUT2D eigenvalue weighted by Gasteiger charge is 2.16. The lowest BCUT2D eigenvalue weighted by atomic mass is 10.1. The highest BCUT2D eigenvalue weighted by molar-refractivity contribution is 7.90. The first kappa shape index (κ1) is 20.5. The topological polar surface area (TPSA) is 80.5 Å². The van der Waals surface area contributed by atoms with Gasteiger partial charge in [0.15, 0.2) is 0 Å². The Morgan fingerprint density at radius 2 is 1.83 bits per heavy atom. The van der Waals surface area contributed by atoms with Crippen LogP contribution in [0.25, 0.3) is 17.0 Å². The van der Waals surface area contributed by atoms with Crippen LogP contribution in [-0.4, -0.2) is 56.4 Å². The number of hydrogen-bond acceptors (Lipinski definition) is 4. The SMILES string of the molecule is CN1CCN(Cc2c[nH]c3ccc(NS(=O)(=O)N/C=C/c4ccccc4)cc23)CC1. The van der Waals surface area contributed by atoms with E-state index in [1.165, 1.54) is 11.8 Å². The Morgan fingerprint density at radius 1 is 1.07 bits per heavy atom. The van der Waals surface area contributed by atoms with Crippen LogP contribution >= 0.6 is 0 Å². The van der Waals surface area contributed by atoms with Crippen molar-refractivity contribution in [1.82, 2.24) is 19.5 Å². The molecule has 0 spiro atoms. The molecule has 1 aliphatic rings. The maximum atomic E-state index is 12.4. The minimum absolute atomic E-state index is 0.530. The number of likely N-dealkylation sites (N-methyl/N-ethyl adjacent to an activating group) is 1. The van der Waals surface area contributed by atoms with Crippen molar-refractivity contribution in [3.05, 3.63) is 72.1 Å². The average molecular weight is 426 g/mol. The molecule has 8 heteroatoms. The van der Waals surface area contributed by atoms with Crippen molar-refractivity contribution in [3.8, 4) is 0 Å². The Hall–Kier alpha value is -2.81. The third-order valence-electron chi connectivity index (χ3n) is 5.31. The molecule has 158 valence electrons. The van der Waals surface area contributed by atoms with E-state index in [0.29, 0.717) is 5.69 Å². The number of aromatic amines is 1. The molecule has 3 aromatic rings. The molecule has 0 unspecified atom stereocenters. The van der Waals surface area contributed by atoms with E-state index in [4.69, 9.17) is 0 Å². The van der Waals surface area contributed by atoms with Crippen molar-refractivity contribution in [1.29, 1.82) is 0 Å². The van der Waals surface area contributed by atoms with E-state index in [0.717, 1.165) is 49.2 Å². The maximum Gasteiger partial charge on any atom is 0.321 e. The van der Waals surface area contributed by atoms with Crippen LogP contribution in [0.1, 0.15) is 11.1 Å². The molecule has 7 nitrogen and oxygen atoms in total. The summed E-state index contributed by atoms with van der Waals surface area (Å²) in [7, 11) is -1.57. The van der Waals surface area contributed by atoms with Crippen molar-refractivity contribution < 1.29 is 8.42 Å². The Bertz CT molecular complexity index is 1120. The minimum Gasteiger partial charge on any atom is -0.361 e. The second-order valence-electron chi connectivity index (χ2n) is 7.62. The second-order valence-corrected chi connectivity index (χ2v) is 9.07. The van der Waals surface area contributed by atoms with Crippen molar-refractivity contribution >= 4 is 32.9 Å². The molecule has 1 fully saturated rings. The molecular formula is C22H27N5O2S. The fourth-order valence-corrected chi connectivity index (χ4v) is 4.33. The molecule has 0 radical (unpaired) electrons. The number of aromatic nitrogens is 1. The van der Waals surface area contributed by atoms with Crippen LogP contribution in [0.15, 0.2) is 60.9 Å². The zero-order valence-corrected chi connectivity index (χ0v) is 17.8. The molecule has 2 heterocycles. The smallest absolute Gasteiger partial charge is 0.321 e. The van der Waals surface area contributed by atoms with Crippen LogP contribution in [0.2, 0.25) is 0 Å². The van der Waals surface area contributed by atoms with Gasteiger partial charge in [-0.2, -0.15) is 8.42 Å². The predicted molar refractivity (Wildman–Crippen MR) is 122 cm³/mol. The molecule has 0 bridgehead atoms. The largest absolute Gasteiger partial charge is 0.361 e. The molecule has 0 atom stereocenters. The van der Waals surface area contributed by atoms with Crippen molar-refractivity contribution in [2.75, 3.05) is 37.9 Å². The van der Waals surface area contributed by atoms with Gasteiger partial charge in [0, 0.05) is 56.0 Å². The summed E-state index contributed by atoms with van der Waals surface area (Å²) in [5, 5.41) is 1.04. The molecule has 4 rings (SSSR count). The van der Waals surface area contributed by atoms with Gasteiger partial charge in [0.05, 0.1) is 5.69 Å². The Kier molecular flexibility index (Phi) is 6.08. The quantitative estimate of drug-likeness (QED) is 0.544. The zero-order chi connectivity index (χ0) is 21.0. The van der Waals surface area contributed by atoms with Gasteiger partial charge in [-0.3, -0.25) is 14.3 Å². The maximum absolute atomic E-state index is 12.4. The summed E-state index contributed by atoms with van der Waals surface area (Å²) in [6, 6.07) is 15.1. The van der Waals surface area contributed by atoms with E-state index < -0.39 is 10.2 Å². The van der Waals surface area contributed by atoms with E-state index in [9.17, 15) is 8.42 Å². The highest BCUT2D eigenvalue weighted by Crippen LogP contribution is 2.24. The van der Waals surface area contributed by atoms with Crippen molar-refractivity contribution in [2.24, 2.45) is 0 Å². The molecule has 1 aliphatic heterocycles. The van der Waals surface area contributed by atoms with Gasteiger partial charge in [-0.05, 0) is 42.4 Å². The molecule has 2 aromatic carbocycles. The zero-order valence-electron chi connectivity index (χ0n) is 17.0. The molecule has 1 saturated heterocycles. The van der Waals surface area contributed by atoms with Gasteiger partial charge in [0.2, 0.25) is 0 Å². The molecule has 0 aliphatic carbocycles. The molecule has 3 N–H and O–H groups in total. The van der Waals surface area contributed by atoms with Crippen molar-refractivity contribution in [3.63, 3.8) is 0 Å². The Balaban J connectivity index is 1.44. The van der Waals surface area contributed by atoms with Crippen LogP contribution < -0.4 is 9.44 Å². The first-order chi connectivity index (χ1) is 14.5. The van der Waals surface area contributed by atoms with Crippen LogP contribution in [0.4, 0.5) is 5.69 Å². The number of nitrogens with zero attached hydrogens (tertiary/aromatic N) is 2. The fraction of sp³-hybridized carbons (Fsp3) is 0.273. The molecule has 1 aromatic heterocycles. The summed E-state index contributed by atoms with van der Waals surface area (Å²) in [6.07, 6.45) is 5.15. The third kappa shape index (κ3) is 5.21. The van der Waals surface area contributed by atoms with Gasteiger partial charge < -0.3 is 9.88 Å². The van der Waals surface area contributed by atoms with E-state index >= 15 is 0 Å². The number of benzene rings is 2. The second kappa shape index (κ2) is 8.91. The molecule has 0 amide bonds. The number of hydrogen-bond donors (Lipinski definition) is 3. The number of rotatable bonds is 7. The van der Waals surface area contributed by atoms with Crippen LogP contribution in [0, 0.1) is 0 Å². The summed E-state index contributed by atoms with van der Waals surface area (Å²) in [5.74, 6) is 0. The summed E-state index contributed by atoms with van der Waals surface area (Å²) in [6.45, 7) is 5.05. The summed E-state index contributed by atoms with van der Waals surface area (Å²) < 4.78 is 29.8. The molecule has 0 saturated carbocycles. The number of anilines is 1.